The minimum atomic E-state index is -0.507. The zero-order chi connectivity index (χ0) is 21.6. The van der Waals surface area contributed by atoms with E-state index < -0.39 is 5.60 Å². The molecule has 1 N–H and O–H groups in total. The van der Waals surface area contributed by atoms with Crippen LogP contribution < -0.4 is 16.4 Å². The van der Waals surface area contributed by atoms with Crippen molar-refractivity contribution in [1.29, 1.82) is 0 Å². The number of piperidine rings is 1. The van der Waals surface area contributed by atoms with Crippen molar-refractivity contribution in [1.82, 2.24) is 19.4 Å². The molecule has 1 fully saturated rings. The minimum Gasteiger partial charge on any atom is -0.444 e. The fourth-order valence-electron chi connectivity index (χ4n) is 4.57. The molecular weight excluding hydrogens is 384 g/mol. The van der Waals surface area contributed by atoms with Gasteiger partial charge in [-0.25, -0.2) is 4.79 Å². The number of rotatable bonds is 3. The second kappa shape index (κ2) is 7.58. The summed E-state index contributed by atoms with van der Waals surface area (Å²) in [6, 6.07) is 5.09. The number of carbonyl (C=O) groups excluding carboxylic acids is 1. The van der Waals surface area contributed by atoms with Crippen molar-refractivity contribution in [3.8, 4) is 0 Å². The molecule has 1 atom stereocenters. The lowest BCUT2D eigenvalue weighted by Gasteiger charge is -2.34. The molecule has 2 aromatic heterocycles. The zero-order valence-corrected chi connectivity index (χ0v) is 18.1. The molecule has 2 aromatic rings. The highest BCUT2D eigenvalue weighted by Crippen LogP contribution is 2.26. The van der Waals surface area contributed by atoms with Gasteiger partial charge in [-0.15, -0.1) is 0 Å². The average Bonchev–Trinajstić information content (AvgIpc) is 3.02. The lowest BCUT2D eigenvalue weighted by molar-refractivity contribution is 0.0476. The van der Waals surface area contributed by atoms with Crippen LogP contribution in [0, 0.1) is 6.92 Å². The van der Waals surface area contributed by atoms with Gasteiger partial charge in [0.2, 0.25) is 0 Å². The standard InChI is InChI=1S/C22H30N4O4/c1-14-11-19(28)25-13-16(26-18(27)6-5-17(14)20(25)26)12-24-9-7-15(8-10-24)23-21(29)30-22(2,3)4/h5-6,11,15-16H,7-10,12-13H2,1-4H3,(H,23,29). The van der Waals surface area contributed by atoms with Gasteiger partial charge in [-0.05, 0) is 52.2 Å². The van der Waals surface area contributed by atoms with Crippen molar-refractivity contribution < 1.29 is 9.53 Å². The Balaban J connectivity index is 1.43. The van der Waals surface area contributed by atoms with Gasteiger partial charge in [-0.1, -0.05) is 0 Å². The van der Waals surface area contributed by atoms with Crippen LogP contribution in [-0.4, -0.2) is 51.4 Å². The molecule has 1 saturated heterocycles. The van der Waals surface area contributed by atoms with Crippen LogP contribution in [0.15, 0.2) is 27.8 Å². The first-order chi connectivity index (χ1) is 14.1. The topological polar surface area (TPSA) is 85.6 Å². The Bertz CT molecular complexity index is 1090. The van der Waals surface area contributed by atoms with Crippen molar-refractivity contribution in [2.24, 2.45) is 0 Å². The fraction of sp³-hybridized carbons (Fsp3) is 0.591. The first-order valence-corrected chi connectivity index (χ1v) is 10.6. The van der Waals surface area contributed by atoms with Crippen molar-refractivity contribution in [2.45, 2.75) is 64.8 Å². The maximum Gasteiger partial charge on any atom is 0.407 e. The van der Waals surface area contributed by atoms with Gasteiger partial charge in [0.1, 0.15) is 11.2 Å². The highest BCUT2D eigenvalue weighted by atomic mass is 16.6. The summed E-state index contributed by atoms with van der Waals surface area (Å²) in [5.74, 6) is 0. The number of alkyl carbamates (subject to hydrolysis) is 1. The van der Waals surface area contributed by atoms with E-state index in [1.165, 1.54) is 0 Å². The summed E-state index contributed by atoms with van der Waals surface area (Å²) in [5, 5.41) is 3.91. The van der Waals surface area contributed by atoms with E-state index in [0.717, 1.165) is 42.5 Å². The molecule has 2 aliphatic heterocycles. The van der Waals surface area contributed by atoms with Crippen LogP contribution >= 0.6 is 0 Å². The second-order valence-corrected chi connectivity index (χ2v) is 9.43. The number of aromatic nitrogens is 2. The van der Waals surface area contributed by atoms with Gasteiger partial charge in [0.15, 0.2) is 0 Å². The molecule has 0 spiro atoms. The SMILES string of the molecule is Cc1cc(=O)n2c3c1ccc(=O)n3C(CN1CCC(NC(=O)OC(C)(C)C)CC1)C2. The predicted octanol–water partition coefficient (Wildman–Crippen LogP) is 2.02. The summed E-state index contributed by atoms with van der Waals surface area (Å²) in [6.07, 6.45) is 1.29. The van der Waals surface area contributed by atoms with E-state index in [1.54, 1.807) is 21.3 Å². The van der Waals surface area contributed by atoms with Gasteiger partial charge in [-0.3, -0.25) is 18.7 Å². The van der Waals surface area contributed by atoms with E-state index in [2.05, 4.69) is 10.2 Å². The summed E-state index contributed by atoms with van der Waals surface area (Å²) in [5.41, 5.74) is 1.01. The number of nitrogens with zero attached hydrogens (tertiary/aromatic N) is 3. The molecule has 8 nitrogen and oxygen atoms in total. The van der Waals surface area contributed by atoms with Gasteiger partial charge < -0.3 is 15.0 Å². The molecule has 4 heterocycles. The maximum atomic E-state index is 12.6. The van der Waals surface area contributed by atoms with Gasteiger partial charge in [0.25, 0.3) is 11.1 Å². The molecule has 2 aliphatic rings. The Morgan fingerprint density at radius 3 is 2.53 bits per heavy atom. The van der Waals surface area contributed by atoms with E-state index in [-0.39, 0.29) is 29.3 Å². The van der Waals surface area contributed by atoms with Gasteiger partial charge in [0.05, 0.1) is 6.04 Å². The Hall–Kier alpha value is -2.61. The third-order valence-corrected chi connectivity index (χ3v) is 5.92. The number of ether oxygens (including phenoxy) is 1. The Kier molecular flexibility index (Phi) is 5.22. The average molecular weight is 415 g/mol. The summed E-state index contributed by atoms with van der Waals surface area (Å²) in [4.78, 5) is 39.4. The molecule has 0 bridgehead atoms. The Labute approximate surface area is 175 Å². The number of nitrogens with one attached hydrogen (secondary N) is 1. The highest BCUT2D eigenvalue weighted by Gasteiger charge is 2.30. The molecule has 162 valence electrons. The van der Waals surface area contributed by atoms with Crippen LogP contribution in [0.5, 0.6) is 0 Å². The molecule has 0 radical (unpaired) electrons. The molecule has 0 saturated carbocycles. The molecule has 30 heavy (non-hydrogen) atoms. The number of pyridine rings is 2. The molecule has 4 rings (SSSR count). The van der Waals surface area contributed by atoms with Crippen molar-refractivity contribution >= 4 is 17.1 Å². The molecule has 1 unspecified atom stereocenters. The van der Waals surface area contributed by atoms with Crippen LogP contribution in [0.2, 0.25) is 0 Å². The van der Waals surface area contributed by atoms with E-state index in [0.29, 0.717) is 13.1 Å². The molecule has 1 amide bonds. The van der Waals surface area contributed by atoms with E-state index >= 15 is 0 Å². The van der Waals surface area contributed by atoms with Crippen LogP contribution in [0.4, 0.5) is 4.79 Å². The Morgan fingerprint density at radius 1 is 1.17 bits per heavy atom. The van der Waals surface area contributed by atoms with Crippen LogP contribution in [0.1, 0.15) is 45.2 Å². The first-order valence-electron chi connectivity index (χ1n) is 10.6. The van der Waals surface area contributed by atoms with Gasteiger partial charge in [-0.2, -0.15) is 0 Å². The van der Waals surface area contributed by atoms with Gasteiger partial charge >= 0.3 is 6.09 Å². The number of likely N-dealkylation sites (tertiary alicyclic amines) is 1. The maximum absolute atomic E-state index is 12.6. The molecule has 0 aromatic carbocycles. The quantitative estimate of drug-likeness (QED) is 0.831. The smallest absolute Gasteiger partial charge is 0.407 e. The lowest BCUT2D eigenvalue weighted by atomic mass is 10.0. The third-order valence-electron chi connectivity index (χ3n) is 5.92. The van der Waals surface area contributed by atoms with Crippen molar-refractivity contribution in [2.75, 3.05) is 19.6 Å². The lowest BCUT2D eigenvalue weighted by Crippen LogP contribution is -2.47. The van der Waals surface area contributed by atoms with Crippen LogP contribution in [0.25, 0.3) is 11.0 Å². The minimum absolute atomic E-state index is 0.0536. The van der Waals surface area contributed by atoms with Gasteiger partial charge in [0, 0.05) is 49.7 Å². The molecule has 0 aliphatic carbocycles. The third kappa shape index (κ3) is 4.01. The van der Waals surface area contributed by atoms with Crippen molar-refractivity contribution in [3.63, 3.8) is 0 Å². The summed E-state index contributed by atoms with van der Waals surface area (Å²) in [6.45, 7) is 10.3. The molecular formula is C22H30N4O4. The number of hydrogen-bond donors (Lipinski definition) is 1. The Morgan fingerprint density at radius 2 is 1.87 bits per heavy atom. The largest absolute Gasteiger partial charge is 0.444 e. The molecule has 8 heteroatoms. The highest BCUT2D eigenvalue weighted by molar-refractivity contribution is 5.80. The zero-order valence-electron chi connectivity index (χ0n) is 18.1. The summed E-state index contributed by atoms with van der Waals surface area (Å²) in [7, 11) is 0. The summed E-state index contributed by atoms with van der Waals surface area (Å²) < 4.78 is 8.86. The van der Waals surface area contributed by atoms with E-state index in [1.807, 2.05) is 33.8 Å². The van der Waals surface area contributed by atoms with E-state index in [9.17, 15) is 14.4 Å². The first kappa shape index (κ1) is 20.7. The number of amides is 1. The summed E-state index contributed by atoms with van der Waals surface area (Å²) >= 11 is 0. The number of carbonyl (C=O) groups is 1. The number of hydrogen-bond acceptors (Lipinski definition) is 5. The fourth-order valence-corrected chi connectivity index (χ4v) is 4.57. The van der Waals surface area contributed by atoms with Crippen LogP contribution in [0.3, 0.4) is 0 Å². The normalized spacial score (nSPS) is 19.9. The predicted molar refractivity (Wildman–Crippen MR) is 115 cm³/mol. The van der Waals surface area contributed by atoms with Crippen molar-refractivity contribution in [3.05, 3.63) is 44.5 Å². The van der Waals surface area contributed by atoms with Crippen LogP contribution in [-0.2, 0) is 11.3 Å². The second-order valence-electron chi connectivity index (χ2n) is 9.43. The number of aryl methyl sites for hydroxylation is 1. The van der Waals surface area contributed by atoms with E-state index in [4.69, 9.17) is 4.74 Å². The monoisotopic (exact) mass is 414 g/mol.